The smallest absolute Gasteiger partial charge is 0.271 e. The molecule has 1 heterocycles. The molecule has 2 rings (SSSR count). The van der Waals surface area contributed by atoms with Gasteiger partial charge in [0.1, 0.15) is 11.6 Å². The normalized spacial score (nSPS) is 11.9. The van der Waals surface area contributed by atoms with Crippen molar-refractivity contribution in [2.24, 2.45) is 0 Å². The van der Waals surface area contributed by atoms with Crippen molar-refractivity contribution in [3.63, 3.8) is 0 Å². The third-order valence-electron chi connectivity index (χ3n) is 4.28. The van der Waals surface area contributed by atoms with Crippen LogP contribution in [-0.2, 0) is 0 Å². The highest BCUT2D eigenvalue weighted by Gasteiger charge is 2.30. The van der Waals surface area contributed by atoms with Crippen LogP contribution in [0.1, 0.15) is 54.7 Å². The second kappa shape index (κ2) is 8.04. The average molecular weight is 372 g/mol. The molecule has 1 N–H and O–H groups in total. The van der Waals surface area contributed by atoms with Gasteiger partial charge in [0.25, 0.3) is 5.56 Å². The van der Waals surface area contributed by atoms with E-state index in [-0.39, 0.29) is 28.9 Å². The number of ether oxygens (including phenoxy) is 1. The Labute approximate surface area is 156 Å². The first-order valence-corrected chi connectivity index (χ1v) is 8.58. The quantitative estimate of drug-likeness (QED) is 0.784. The predicted octanol–water partition coefficient (Wildman–Crippen LogP) is 3.49. The number of pyridine rings is 1. The summed E-state index contributed by atoms with van der Waals surface area (Å²) in [6.45, 7) is 6.41. The highest BCUT2D eigenvalue weighted by Crippen LogP contribution is 2.28. The first-order valence-electron chi connectivity index (χ1n) is 8.58. The molecule has 142 valence electrons. The van der Waals surface area contributed by atoms with E-state index in [4.69, 9.17) is 4.74 Å². The molecule has 1 aromatic carbocycles. The number of hydrogen-bond acceptors (Lipinski definition) is 5. The number of para-hydroxylation sites is 1. The lowest BCUT2D eigenvalue weighted by atomic mass is 9.97. The molecule has 0 aliphatic rings. The summed E-state index contributed by atoms with van der Waals surface area (Å²) in [7, 11) is 0. The summed E-state index contributed by atoms with van der Waals surface area (Å²) in [5.74, 6) is -1.85. The molecule has 1 aromatic heterocycles. The molecule has 0 saturated carbocycles. The standard InChI is InChI=1S/C20H21FN2O4/c1-5-15(27-16-9-7-6-8-14(16)21)18(24)17-12(4)13(10-22)19(25)23(11(2)3)20(17)26/h6-9,11,15,26H,5H2,1-4H3. The lowest BCUT2D eigenvalue weighted by Crippen LogP contribution is -2.32. The van der Waals surface area contributed by atoms with Gasteiger partial charge in [0, 0.05) is 6.04 Å². The first kappa shape index (κ1) is 20.2. The molecule has 0 saturated heterocycles. The fraction of sp³-hybridized carbons (Fsp3) is 0.350. The number of hydrogen-bond donors (Lipinski definition) is 1. The molecule has 0 bridgehead atoms. The van der Waals surface area contributed by atoms with E-state index in [1.54, 1.807) is 32.9 Å². The van der Waals surface area contributed by atoms with Crippen molar-refractivity contribution in [3.05, 3.63) is 57.1 Å². The van der Waals surface area contributed by atoms with Crippen LogP contribution in [0.3, 0.4) is 0 Å². The number of carbonyl (C=O) groups excluding carboxylic acids is 1. The summed E-state index contributed by atoms with van der Waals surface area (Å²) >= 11 is 0. The zero-order valence-corrected chi connectivity index (χ0v) is 15.6. The second-order valence-corrected chi connectivity index (χ2v) is 6.39. The summed E-state index contributed by atoms with van der Waals surface area (Å²) in [5, 5.41) is 19.9. The number of nitriles is 1. The van der Waals surface area contributed by atoms with Gasteiger partial charge >= 0.3 is 0 Å². The SMILES string of the molecule is CCC(Oc1ccccc1F)C(=O)c1c(C)c(C#N)c(=O)n(C(C)C)c1O. The summed E-state index contributed by atoms with van der Waals surface area (Å²) in [4.78, 5) is 25.5. The van der Waals surface area contributed by atoms with Crippen LogP contribution in [0, 0.1) is 24.1 Å². The van der Waals surface area contributed by atoms with E-state index >= 15 is 0 Å². The molecule has 0 spiro atoms. The molecule has 0 fully saturated rings. The lowest BCUT2D eigenvalue weighted by Gasteiger charge is -2.21. The molecule has 1 unspecified atom stereocenters. The van der Waals surface area contributed by atoms with E-state index in [9.17, 15) is 24.3 Å². The molecular formula is C20H21FN2O4. The first-order chi connectivity index (χ1) is 12.7. The Kier molecular flexibility index (Phi) is 6.01. The van der Waals surface area contributed by atoms with Crippen LogP contribution in [0.2, 0.25) is 0 Å². The minimum Gasteiger partial charge on any atom is -0.494 e. The zero-order valence-electron chi connectivity index (χ0n) is 15.6. The van der Waals surface area contributed by atoms with Gasteiger partial charge in [-0.25, -0.2) is 4.39 Å². The molecule has 0 aliphatic carbocycles. The van der Waals surface area contributed by atoms with Gasteiger partial charge in [-0.15, -0.1) is 0 Å². The molecular weight excluding hydrogens is 351 g/mol. The van der Waals surface area contributed by atoms with Crippen LogP contribution in [0.4, 0.5) is 4.39 Å². The number of nitrogens with zero attached hydrogens (tertiary/aromatic N) is 2. The Balaban J connectivity index is 2.60. The van der Waals surface area contributed by atoms with E-state index in [1.165, 1.54) is 25.1 Å². The minimum atomic E-state index is -1.09. The number of aromatic hydroxyl groups is 1. The Morgan fingerprint density at radius 2 is 2.00 bits per heavy atom. The Morgan fingerprint density at radius 1 is 1.37 bits per heavy atom. The molecule has 0 amide bonds. The van der Waals surface area contributed by atoms with Crippen LogP contribution in [0.5, 0.6) is 11.6 Å². The number of halogens is 1. The van der Waals surface area contributed by atoms with Gasteiger partial charge in [0.05, 0.1) is 5.56 Å². The molecule has 0 aliphatic heterocycles. The van der Waals surface area contributed by atoms with Crippen LogP contribution in [-0.4, -0.2) is 21.6 Å². The summed E-state index contributed by atoms with van der Waals surface area (Å²) < 4.78 is 20.4. The van der Waals surface area contributed by atoms with Gasteiger partial charge in [-0.1, -0.05) is 19.1 Å². The molecule has 1 atom stereocenters. The van der Waals surface area contributed by atoms with Crippen LogP contribution in [0.15, 0.2) is 29.1 Å². The van der Waals surface area contributed by atoms with Crippen molar-refractivity contribution < 1.29 is 19.0 Å². The maximum Gasteiger partial charge on any atom is 0.271 e. The van der Waals surface area contributed by atoms with E-state index in [0.717, 1.165) is 4.57 Å². The fourth-order valence-electron chi connectivity index (χ4n) is 2.87. The largest absolute Gasteiger partial charge is 0.494 e. The third kappa shape index (κ3) is 3.70. The predicted molar refractivity (Wildman–Crippen MR) is 97.6 cm³/mol. The van der Waals surface area contributed by atoms with Gasteiger partial charge in [0.15, 0.2) is 17.7 Å². The Bertz CT molecular complexity index is 973. The van der Waals surface area contributed by atoms with Crippen molar-refractivity contribution in [1.82, 2.24) is 4.57 Å². The van der Waals surface area contributed by atoms with Crippen LogP contribution >= 0.6 is 0 Å². The summed E-state index contributed by atoms with van der Waals surface area (Å²) in [6, 6.07) is 7.01. The number of aromatic nitrogens is 1. The Morgan fingerprint density at radius 3 is 2.52 bits per heavy atom. The maximum atomic E-state index is 13.9. The average Bonchev–Trinajstić information content (AvgIpc) is 2.60. The molecule has 0 radical (unpaired) electrons. The highest BCUT2D eigenvalue weighted by molar-refractivity contribution is 6.03. The number of rotatable bonds is 6. The van der Waals surface area contributed by atoms with E-state index in [0.29, 0.717) is 0 Å². The van der Waals surface area contributed by atoms with Crippen molar-refractivity contribution in [2.45, 2.75) is 46.3 Å². The van der Waals surface area contributed by atoms with Crippen molar-refractivity contribution in [2.75, 3.05) is 0 Å². The van der Waals surface area contributed by atoms with E-state index < -0.39 is 35.2 Å². The van der Waals surface area contributed by atoms with Gasteiger partial charge < -0.3 is 9.84 Å². The van der Waals surface area contributed by atoms with Crippen molar-refractivity contribution in [1.29, 1.82) is 5.26 Å². The fourth-order valence-corrected chi connectivity index (χ4v) is 2.87. The molecule has 27 heavy (non-hydrogen) atoms. The topological polar surface area (TPSA) is 92.3 Å². The van der Waals surface area contributed by atoms with Crippen molar-refractivity contribution in [3.8, 4) is 17.7 Å². The van der Waals surface area contributed by atoms with Crippen LogP contribution in [0.25, 0.3) is 0 Å². The number of benzene rings is 1. The monoisotopic (exact) mass is 372 g/mol. The van der Waals surface area contributed by atoms with E-state index in [2.05, 4.69) is 0 Å². The minimum absolute atomic E-state index is 0.0810. The summed E-state index contributed by atoms with van der Waals surface area (Å²) in [5.41, 5.74) is -0.965. The Hall–Kier alpha value is -3.14. The summed E-state index contributed by atoms with van der Waals surface area (Å²) in [6.07, 6.45) is -0.884. The second-order valence-electron chi connectivity index (χ2n) is 6.39. The maximum absolute atomic E-state index is 13.9. The zero-order chi connectivity index (χ0) is 20.3. The molecule has 6 nitrogen and oxygen atoms in total. The van der Waals surface area contributed by atoms with Gasteiger partial charge in [-0.2, -0.15) is 5.26 Å². The number of carbonyl (C=O) groups is 1. The third-order valence-corrected chi connectivity index (χ3v) is 4.28. The van der Waals surface area contributed by atoms with E-state index in [1.807, 2.05) is 0 Å². The molecule has 2 aromatic rings. The number of ketones is 1. The van der Waals surface area contributed by atoms with Gasteiger partial charge in [-0.05, 0) is 44.9 Å². The lowest BCUT2D eigenvalue weighted by molar-refractivity contribution is 0.0774. The van der Waals surface area contributed by atoms with Crippen LogP contribution < -0.4 is 10.3 Å². The highest BCUT2D eigenvalue weighted by atomic mass is 19.1. The number of Topliss-reactive ketones (excluding diaryl/α,β-unsaturated/α-hetero) is 1. The van der Waals surface area contributed by atoms with Gasteiger partial charge in [0.2, 0.25) is 11.7 Å². The molecule has 7 heteroatoms. The van der Waals surface area contributed by atoms with Gasteiger partial charge in [-0.3, -0.25) is 14.2 Å². The van der Waals surface area contributed by atoms with Crippen molar-refractivity contribution >= 4 is 5.78 Å².